The molecule has 0 saturated carbocycles. The van der Waals surface area contributed by atoms with Gasteiger partial charge in [-0.2, -0.15) is 0 Å². The molecule has 0 bridgehead atoms. The molecule has 1 aromatic rings. The zero-order valence-electron chi connectivity index (χ0n) is 20.1. The molecule has 0 spiro atoms. The lowest BCUT2D eigenvalue weighted by atomic mass is 9.62. The van der Waals surface area contributed by atoms with E-state index in [9.17, 15) is 4.79 Å². The molecule has 0 N–H and O–H groups in total. The number of rotatable bonds is 14. The number of benzene rings is 1. The van der Waals surface area contributed by atoms with Gasteiger partial charge in [0.05, 0.1) is 13.2 Å². The summed E-state index contributed by atoms with van der Waals surface area (Å²) in [5.41, 5.74) is 1.32. The van der Waals surface area contributed by atoms with Gasteiger partial charge < -0.3 is 19.2 Å². The molecule has 31 heavy (non-hydrogen) atoms. The van der Waals surface area contributed by atoms with Gasteiger partial charge in [0, 0.05) is 19.0 Å². The molecule has 172 valence electrons. The molecule has 0 heterocycles. The summed E-state index contributed by atoms with van der Waals surface area (Å²) in [5.74, 6) is 2.56. The summed E-state index contributed by atoms with van der Waals surface area (Å²) in [6, 6.07) is 6.21. The van der Waals surface area contributed by atoms with Crippen LogP contribution in [-0.4, -0.2) is 44.5 Å². The second-order valence-electron chi connectivity index (χ2n) is 8.86. The van der Waals surface area contributed by atoms with Gasteiger partial charge in [0.2, 0.25) is 0 Å². The second-order valence-corrected chi connectivity index (χ2v) is 8.86. The lowest BCUT2D eigenvalue weighted by molar-refractivity contribution is -0.109. The average molecular weight is 428 g/mol. The maximum Gasteiger partial charge on any atom is 0.123 e. The van der Waals surface area contributed by atoms with Crippen LogP contribution in [0.4, 0.5) is 0 Å². The molecule has 0 aliphatic heterocycles. The zero-order chi connectivity index (χ0) is 22.7. The van der Waals surface area contributed by atoms with Crippen LogP contribution in [-0.2, 0) is 11.2 Å². The summed E-state index contributed by atoms with van der Waals surface area (Å²) < 4.78 is 11.4. The van der Waals surface area contributed by atoms with E-state index in [2.05, 4.69) is 62.2 Å². The van der Waals surface area contributed by atoms with Gasteiger partial charge >= 0.3 is 0 Å². The largest absolute Gasteiger partial charge is 0.494 e. The fourth-order valence-electron chi connectivity index (χ4n) is 4.68. The maximum atomic E-state index is 11.2. The molecule has 1 aliphatic carbocycles. The van der Waals surface area contributed by atoms with Crippen LogP contribution in [0.3, 0.4) is 0 Å². The molecule has 1 aliphatic rings. The van der Waals surface area contributed by atoms with Crippen molar-refractivity contribution in [1.82, 2.24) is 4.90 Å². The topological polar surface area (TPSA) is 38.8 Å². The minimum absolute atomic E-state index is 0.0781. The first-order valence-corrected chi connectivity index (χ1v) is 11.8. The van der Waals surface area contributed by atoms with Gasteiger partial charge in [-0.1, -0.05) is 38.2 Å². The number of ether oxygens (including phenoxy) is 2. The minimum Gasteiger partial charge on any atom is -0.494 e. The Bertz CT molecular complexity index is 716. The Hall–Kier alpha value is -2.07. The highest BCUT2D eigenvalue weighted by atomic mass is 16.5. The third-order valence-corrected chi connectivity index (χ3v) is 6.47. The Labute approximate surface area is 189 Å². The summed E-state index contributed by atoms with van der Waals surface area (Å²) in [5, 5.41) is 0. The van der Waals surface area contributed by atoms with E-state index in [4.69, 9.17) is 9.47 Å². The van der Waals surface area contributed by atoms with Crippen molar-refractivity contribution in [3.8, 4) is 11.5 Å². The van der Waals surface area contributed by atoms with Gasteiger partial charge in [-0.05, 0) is 81.6 Å². The predicted octanol–water partition coefficient (Wildman–Crippen LogP) is 5.71. The zero-order valence-corrected chi connectivity index (χ0v) is 20.1. The van der Waals surface area contributed by atoms with E-state index in [1.54, 1.807) is 0 Å². The number of aldehydes is 1. The van der Waals surface area contributed by atoms with Crippen LogP contribution in [0, 0.1) is 17.3 Å². The summed E-state index contributed by atoms with van der Waals surface area (Å²) in [7, 11) is 2.19. The molecule has 0 radical (unpaired) electrons. The van der Waals surface area contributed by atoms with E-state index in [0.29, 0.717) is 31.5 Å². The molecule has 0 amide bonds. The first-order valence-electron chi connectivity index (χ1n) is 11.8. The summed E-state index contributed by atoms with van der Waals surface area (Å²) in [6.45, 7) is 11.9. The third-order valence-electron chi connectivity index (χ3n) is 6.47. The first kappa shape index (κ1) is 25.2. The van der Waals surface area contributed by atoms with Crippen molar-refractivity contribution in [2.24, 2.45) is 17.3 Å². The Balaban J connectivity index is 1.91. The Morgan fingerprint density at radius 2 is 1.74 bits per heavy atom. The number of hydrogen-bond acceptors (Lipinski definition) is 4. The van der Waals surface area contributed by atoms with Gasteiger partial charge in [-0.3, -0.25) is 0 Å². The average Bonchev–Trinajstić information content (AvgIpc) is 2.74. The van der Waals surface area contributed by atoms with Crippen molar-refractivity contribution in [2.45, 2.75) is 53.4 Å². The van der Waals surface area contributed by atoms with Crippen molar-refractivity contribution in [1.29, 1.82) is 0 Å². The molecule has 2 rings (SSSR count). The summed E-state index contributed by atoms with van der Waals surface area (Å²) in [4.78, 5) is 13.6. The van der Waals surface area contributed by atoms with E-state index in [0.717, 1.165) is 50.1 Å². The van der Waals surface area contributed by atoms with Crippen molar-refractivity contribution >= 4 is 6.29 Å². The molecule has 0 aromatic heterocycles. The Morgan fingerprint density at radius 1 is 1.06 bits per heavy atom. The fourth-order valence-corrected chi connectivity index (χ4v) is 4.68. The molecular formula is C27H41NO3. The maximum absolute atomic E-state index is 11.2. The Kier molecular flexibility index (Phi) is 10.3. The highest BCUT2D eigenvalue weighted by Crippen LogP contribution is 2.45. The second kappa shape index (κ2) is 12.7. The minimum atomic E-state index is 0.0781. The number of carbonyl (C=O) groups is 1. The van der Waals surface area contributed by atoms with Crippen LogP contribution < -0.4 is 9.47 Å². The molecular weight excluding hydrogens is 386 g/mol. The van der Waals surface area contributed by atoms with Crippen molar-refractivity contribution in [3.63, 3.8) is 0 Å². The van der Waals surface area contributed by atoms with E-state index >= 15 is 0 Å². The molecule has 0 fully saturated rings. The number of nitrogens with zero attached hydrogens (tertiary/aromatic N) is 1. The number of likely N-dealkylation sites (N-methyl/N-ethyl adjacent to an activating group) is 1. The van der Waals surface area contributed by atoms with Crippen molar-refractivity contribution in [2.75, 3.05) is 33.4 Å². The summed E-state index contributed by atoms with van der Waals surface area (Å²) >= 11 is 0. The van der Waals surface area contributed by atoms with Crippen molar-refractivity contribution < 1.29 is 14.3 Å². The number of carbonyl (C=O) groups excluding carboxylic acids is 1. The molecule has 0 saturated heterocycles. The van der Waals surface area contributed by atoms with Crippen LogP contribution in [0.25, 0.3) is 0 Å². The summed E-state index contributed by atoms with van der Waals surface area (Å²) in [6.07, 6.45) is 13.7. The molecule has 4 heteroatoms. The van der Waals surface area contributed by atoms with E-state index < -0.39 is 0 Å². The number of hydrogen-bond donors (Lipinski definition) is 0. The lowest BCUT2D eigenvalue weighted by Gasteiger charge is -2.42. The van der Waals surface area contributed by atoms with Gasteiger partial charge in [0.15, 0.2) is 0 Å². The van der Waals surface area contributed by atoms with Crippen LogP contribution in [0.15, 0.2) is 42.5 Å². The van der Waals surface area contributed by atoms with Gasteiger partial charge in [0.25, 0.3) is 0 Å². The molecule has 2 unspecified atom stereocenters. The van der Waals surface area contributed by atoms with Gasteiger partial charge in [-0.25, -0.2) is 0 Å². The highest BCUT2D eigenvalue weighted by molar-refractivity contribution is 5.51. The lowest BCUT2D eigenvalue weighted by Crippen LogP contribution is -2.35. The Morgan fingerprint density at radius 3 is 2.32 bits per heavy atom. The predicted molar refractivity (Wildman–Crippen MR) is 129 cm³/mol. The van der Waals surface area contributed by atoms with E-state index in [1.807, 2.05) is 19.9 Å². The standard InChI is InChI=1S/C27H41NO3/c1-6-30-25-19-23(20-26(21-25)31-7-2)12-17-28(5)16-10-15-27(22(3)4)14-9-8-11-24(27)13-18-29/h8-9,11,14,18-22,24H,6-7,10,12-13,15-17H2,1-5H3. The van der Waals surface area contributed by atoms with Crippen LogP contribution in [0.1, 0.15) is 52.5 Å². The van der Waals surface area contributed by atoms with Crippen molar-refractivity contribution in [3.05, 3.63) is 48.1 Å². The van der Waals surface area contributed by atoms with Gasteiger partial charge in [0.1, 0.15) is 17.8 Å². The smallest absolute Gasteiger partial charge is 0.123 e. The highest BCUT2D eigenvalue weighted by Gasteiger charge is 2.38. The molecule has 2 atom stereocenters. The number of allylic oxidation sites excluding steroid dienone is 4. The first-order chi connectivity index (χ1) is 14.9. The van der Waals surface area contributed by atoms with Crippen LogP contribution in [0.2, 0.25) is 0 Å². The van der Waals surface area contributed by atoms with Crippen LogP contribution in [0.5, 0.6) is 11.5 Å². The SMILES string of the molecule is CCOc1cc(CCN(C)CCCC2(C(C)C)C=CC=CC2CC=O)cc(OCC)c1. The normalized spacial score (nSPS) is 20.4. The monoisotopic (exact) mass is 427 g/mol. The van der Waals surface area contributed by atoms with E-state index in [1.165, 1.54) is 5.56 Å². The van der Waals surface area contributed by atoms with E-state index in [-0.39, 0.29) is 5.41 Å². The fraction of sp³-hybridized carbons (Fsp3) is 0.593. The third kappa shape index (κ3) is 7.24. The van der Waals surface area contributed by atoms with Gasteiger partial charge in [-0.15, -0.1) is 0 Å². The van der Waals surface area contributed by atoms with Crippen LogP contribution >= 0.6 is 0 Å². The quantitative estimate of drug-likeness (QED) is 0.356. The molecule has 4 nitrogen and oxygen atoms in total. The molecule has 1 aromatic carbocycles.